The summed E-state index contributed by atoms with van der Waals surface area (Å²) >= 11 is 0. The van der Waals surface area contributed by atoms with Gasteiger partial charge in [-0.1, -0.05) is 6.07 Å². The maximum Gasteiger partial charge on any atom is 0.354 e. The Labute approximate surface area is 92.9 Å². The first-order valence-electron chi connectivity index (χ1n) is 4.55. The molecule has 5 nitrogen and oxygen atoms in total. The van der Waals surface area contributed by atoms with Crippen LogP contribution in [0.3, 0.4) is 0 Å². The SMILES string of the molecule is COC(=O)C(C=O)Oc1cccc(OC)c1. The van der Waals surface area contributed by atoms with Gasteiger partial charge in [0, 0.05) is 6.07 Å². The maximum atomic E-state index is 11.1. The minimum absolute atomic E-state index is 0.363. The second-order valence-corrected chi connectivity index (χ2v) is 2.88. The minimum atomic E-state index is -1.25. The molecule has 0 fully saturated rings. The fourth-order valence-corrected chi connectivity index (χ4v) is 1.07. The topological polar surface area (TPSA) is 61.8 Å². The van der Waals surface area contributed by atoms with Crippen molar-refractivity contribution in [2.75, 3.05) is 14.2 Å². The Bertz CT molecular complexity index is 374. The second-order valence-electron chi connectivity index (χ2n) is 2.88. The average molecular weight is 224 g/mol. The lowest BCUT2D eigenvalue weighted by atomic mass is 10.3. The quantitative estimate of drug-likeness (QED) is 0.421. The zero-order valence-electron chi connectivity index (χ0n) is 9.01. The Morgan fingerprint density at radius 2 is 2.00 bits per heavy atom. The number of methoxy groups -OCH3 is 2. The van der Waals surface area contributed by atoms with E-state index in [-0.39, 0.29) is 0 Å². The molecule has 0 aromatic heterocycles. The molecule has 0 spiro atoms. The molecule has 0 aliphatic carbocycles. The number of hydrogen-bond donors (Lipinski definition) is 0. The van der Waals surface area contributed by atoms with Crippen molar-refractivity contribution in [1.82, 2.24) is 0 Å². The molecule has 0 saturated carbocycles. The van der Waals surface area contributed by atoms with Gasteiger partial charge in [-0.25, -0.2) is 4.79 Å². The van der Waals surface area contributed by atoms with E-state index >= 15 is 0 Å². The summed E-state index contributed by atoms with van der Waals surface area (Å²) in [6, 6.07) is 6.59. The molecule has 86 valence electrons. The van der Waals surface area contributed by atoms with Crippen LogP contribution in [0.25, 0.3) is 0 Å². The Kier molecular flexibility index (Phi) is 4.32. The Hall–Kier alpha value is -2.04. The molecule has 0 bridgehead atoms. The first-order chi connectivity index (χ1) is 7.71. The van der Waals surface area contributed by atoms with Gasteiger partial charge in [0.15, 0.2) is 6.29 Å². The third kappa shape index (κ3) is 2.98. The van der Waals surface area contributed by atoms with Crippen LogP contribution in [0.2, 0.25) is 0 Å². The molecule has 1 atom stereocenters. The number of hydrogen-bond acceptors (Lipinski definition) is 5. The van der Waals surface area contributed by atoms with Gasteiger partial charge in [0.25, 0.3) is 0 Å². The molecule has 16 heavy (non-hydrogen) atoms. The van der Waals surface area contributed by atoms with E-state index in [9.17, 15) is 9.59 Å². The molecule has 0 amide bonds. The van der Waals surface area contributed by atoms with Crippen LogP contribution >= 0.6 is 0 Å². The molecule has 0 N–H and O–H groups in total. The summed E-state index contributed by atoms with van der Waals surface area (Å²) in [7, 11) is 2.70. The highest BCUT2D eigenvalue weighted by Crippen LogP contribution is 2.19. The van der Waals surface area contributed by atoms with Gasteiger partial charge in [0.1, 0.15) is 11.5 Å². The minimum Gasteiger partial charge on any atom is -0.497 e. The van der Waals surface area contributed by atoms with E-state index in [0.717, 1.165) is 0 Å². The summed E-state index contributed by atoms with van der Waals surface area (Å²) in [4.78, 5) is 21.7. The van der Waals surface area contributed by atoms with Gasteiger partial charge < -0.3 is 14.2 Å². The number of benzene rings is 1. The van der Waals surface area contributed by atoms with Crippen LogP contribution in [0.15, 0.2) is 24.3 Å². The van der Waals surface area contributed by atoms with Crippen LogP contribution in [0, 0.1) is 0 Å². The Morgan fingerprint density at radius 3 is 2.56 bits per heavy atom. The van der Waals surface area contributed by atoms with Crippen molar-refractivity contribution in [3.8, 4) is 11.5 Å². The van der Waals surface area contributed by atoms with E-state index in [1.54, 1.807) is 24.3 Å². The summed E-state index contributed by atoms with van der Waals surface area (Å²) in [6.45, 7) is 0. The van der Waals surface area contributed by atoms with Gasteiger partial charge in [-0.15, -0.1) is 0 Å². The molecule has 0 heterocycles. The predicted octanol–water partition coefficient (Wildman–Crippen LogP) is 0.814. The lowest BCUT2D eigenvalue weighted by Gasteiger charge is -2.11. The van der Waals surface area contributed by atoms with E-state index in [2.05, 4.69) is 4.74 Å². The highest BCUT2D eigenvalue weighted by molar-refractivity contribution is 5.91. The van der Waals surface area contributed by atoms with Crippen LogP contribution in [0.4, 0.5) is 0 Å². The van der Waals surface area contributed by atoms with Crippen molar-refractivity contribution >= 4 is 12.3 Å². The molecule has 1 aromatic carbocycles. The van der Waals surface area contributed by atoms with Crippen LogP contribution in [-0.2, 0) is 14.3 Å². The second kappa shape index (κ2) is 5.75. The fraction of sp³-hybridized carbons (Fsp3) is 0.273. The molecular weight excluding hydrogens is 212 g/mol. The van der Waals surface area contributed by atoms with Crippen molar-refractivity contribution in [2.45, 2.75) is 6.10 Å². The lowest BCUT2D eigenvalue weighted by molar-refractivity contribution is -0.150. The third-order valence-corrected chi connectivity index (χ3v) is 1.86. The summed E-state index contributed by atoms with van der Waals surface area (Å²) in [5, 5.41) is 0. The first-order valence-corrected chi connectivity index (χ1v) is 4.55. The molecular formula is C11H12O5. The summed E-state index contributed by atoms with van der Waals surface area (Å²) in [5.74, 6) is 0.201. The molecule has 1 aromatic rings. The van der Waals surface area contributed by atoms with Gasteiger partial charge in [-0.3, -0.25) is 4.79 Å². The molecule has 0 aliphatic rings. The summed E-state index contributed by atoms with van der Waals surface area (Å²) in [5.41, 5.74) is 0. The Morgan fingerprint density at radius 1 is 1.31 bits per heavy atom. The van der Waals surface area contributed by atoms with Crippen LogP contribution in [-0.4, -0.2) is 32.6 Å². The number of ether oxygens (including phenoxy) is 3. The molecule has 1 rings (SSSR count). The van der Waals surface area contributed by atoms with Crippen LogP contribution < -0.4 is 9.47 Å². The van der Waals surface area contributed by atoms with Crippen molar-refractivity contribution < 1.29 is 23.8 Å². The summed E-state index contributed by atoms with van der Waals surface area (Å²) in [6.07, 6.45) is -0.872. The van der Waals surface area contributed by atoms with Crippen molar-refractivity contribution in [2.24, 2.45) is 0 Å². The van der Waals surface area contributed by atoms with E-state index in [4.69, 9.17) is 9.47 Å². The maximum absolute atomic E-state index is 11.1. The monoisotopic (exact) mass is 224 g/mol. The highest BCUT2D eigenvalue weighted by atomic mass is 16.6. The molecule has 0 saturated heterocycles. The Balaban J connectivity index is 2.77. The number of carbonyl (C=O) groups excluding carboxylic acids is 2. The molecule has 1 unspecified atom stereocenters. The van der Waals surface area contributed by atoms with E-state index < -0.39 is 12.1 Å². The zero-order chi connectivity index (χ0) is 12.0. The smallest absolute Gasteiger partial charge is 0.354 e. The predicted molar refractivity (Wildman–Crippen MR) is 55.5 cm³/mol. The number of aldehydes is 1. The van der Waals surface area contributed by atoms with Crippen molar-refractivity contribution in [1.29, 1.82) is 0 Å². The highest BCUT2D eigenvalue weighted by Gasteiger charge is 2.20. The van der Waals surface area contributed by atoms with Crippen molar-refractivity contribution in [3.63, 3.8) is 0 Å². The van der Waals surface area contributed by atoms with Gasteiger partial charge in [-0.05, 0) is 12.1 Å². The lowest BCUT2D eigenvalue weighted by Crippen LogP contribution is -2.29. The van der Waals surface area contributed by atoms with Crippen LogP contribution in [0.1, 0.15) is 0 Å². The standard InChI is InChI=1S/C11H12O5/c1-14-8-4-3-5-9(6-8)16-10(7-12)11(13)15-2/h3-7,10H,1-2H3. The zero-order valence-corrected chi connectivity index (χ0v) is 9.01. The molecule has 5 heteroatoms. The summed E-state index contributed by atoms with van der Waals surface area (Å²) < 4.78 is 14.5. The van der Waals surface area contributed by atoms with E-state index in [1.807, 2.05) is 0 Å². The number of carbonyl (C=O) groups is 2. The average Bonchev–Trinajstić information content (AvgIpc) is 2.35. The van der Waals surface area contributed by atoms with Crippen molar-refractivity contribution in [3.05, 3.63) is 24.3 Å². The van der Waals surface area contributed by atoms with E-state index in [0.29, 0.717) is 17.8 Å². The van der Waals surface area contributed by atoms with E-state index in [1.165, 1.54) is 14.2 Å². The van der Waals surface area contributed by atoms with Gasteiger partial charge in [-0.2, -0.15) is 0 Å². The molecule has 0 radical (unpaired) electrons. The largest absolute Gasteiger partial charge is 0.497 e. The number of esters is 1. The molecule has 0 aliphatic heterocycles. The fourth-order valence-electron chi connectivity index (χ4n) is 1.07. The van der Waals surface area contributed by atoms with Crippen LogP contribution in [0.5, 0.6) is 11.5 Å². The normalized spacial score (nSPS) is 11.4. The first kappa shape index (κ1) is 12.0. The third-order valence-electron chi connectivity index (χ3n) is 1.86. The van der Waals surface area contributed by atoms with Gasteiger partial charge in [0.2, 0.25) is 6.10 Å². The number of rotatable bonds is 5. The van der Waals surface area contributed by atoms with Gasteiger partial charge >= 0.3 is 5.97 Å². The van der Waals surface area contributed by atoms with Gasteiger partial charge in [0.05, 0.1) is 14.2 Å².